The Morgan fingerprint density at radius 1 is 1.44 bits per heavy atom. The Morgan fingerprint density at radius 2 is 2.06 bits per heavy atom. The summed E-state index contributed by atoms with van der Waals surface area (Å²) in [6.07, 6.45) is -0.979. The highest BCUT2D eigenvalue weighted by molar-refractivity contribution is 5.91. The van der Waals surface area contributed by atoms with Gasteiger partial charge < -0.3 is 19.5 Å². The van der Waals surface area contributed by atoms with Gasteiger partial charge in [0.1, 0.15) is 5.76 Å². The summed E-state index contributed by atoms with van der Waals surface area (Å²) in [6, 6.07) is 3.38. The SMILES string of the molecule is CCc1ccc(C(=O)N2C[C@@H](O)[C@@H](O)C2)o1. The molecule has 0 saturated carbocycles. The van der Waals surface area contributed by atoms with Gasteiger partial charge in [-0.05, 0) is 12.1 Å². The van der Waals surface area contributed by atoms with Crippen LogP contribution in [0.2, 0.25) is 0 Å². The van der Waals surface area contributed by atoms with E-state index in [-0.39, 0.29) is 24.8 Å². The molecule has 2 N–H and O–H groups in total. The van der Waals surface area contributed by atoms with Crippen LogP contribution < -0.4 is 0 Å². The maximum absolute atomic E-state index is 11.9. The Morgan fingerprint density at radius 3 is 2.56 bits per heavy atom. The molecule has 0 spiro atoms. The average molecular weight is 225 g/mol. The van der Waals surface area contributed by atoms with Crippen molar-refractivity contribution in [2.24, 2.45) is 0 Å². The van der Waals surface area contributed by atoms with E-state index in [1.807, 2.05) is 6.92 Å². The lowest BCUT2D eigenvalue weighted by molar-refractivity contribution is 0.0572. The summed E-state index contributed by atoms with van der Waals surface area (Å²) in [5.74, 6) is 0.733. The van der Waals surface area contributed by atoms with Crippen LogP contribution in [0.1, 0.15) is 23.2 Å². The van der Waals surface area contributed by atoms with Crippen LogP contribution in [-0.4, -0.2) is 46.3 Å². The summed E-state index contributed by atoms with van der Waals surface area (Å²) < 4.78 is 5.32. The zero-order valence-corrected chi connectivity index (χ0v) is 9.09. The fourth-order valence-corrected chi connectivity index (χ4v) is 1.77. The molecular formula is C11H15NO4. The molecule has 2 rings (SSSR count). The molecule has 2 heterocycles. The van der Waals surface area contributed by atoms with Gasteiger partial charge >= 0.3 is 0 Å². The molecule has 1 aliphatic rings. The fraction of sp³-hybridized carbons (Fsp3) is 0.545. The Kier molecular flexibility index (Phi) is 2.98. The maximum atomic E-state index is 11.9. The number of hydrogen-bond acceptors (Lipinski definition) is 4. The molecule has 1 aliphatic heterocycles. The van der Waals surface area contributed by atoms with Crippen LogP contribution >= 0.6 is 0 Å². The molecular weight excluding hydrogens is 210 g/mol. The van der Waals surface area contributed by atoms with Crippen molar-refractivity contribution in [1.29, 1.82) is 0 Å². The first-order valence-corrected chi connectivity index (χ1v) is 5.36. The molecule has 1 fully saturated rings. The number of hydrogen-bond donors (Lipinski definition) is 2. The minimum absolute atomic E-state index is 0.155. The topological polar surface area (TPSA) is 73.9 Å². The average Bonchev–Trinajstić information content (AvgIpc) is 2.86. The highest BCUT2D eigenvalue weighted by Crippen LogP contribution is 2.16. The zero-order valence-electron chi connectivity index (χ0n) is 9.09. The molecule has 1 saturated heterocycles. The molecule has 5 heteroatoms. The Labute approximate surface area is 93.3 Å². The van der Waals surface area contributed by atoms with Crippen molar-refractivity contribution >= 4 is 5.91 Å². The van der Waals surface area contributed by atoms with Crippen molar-refractivity contribution < 1.29 is 19.4 Å². The van der Waals surface area contributed by atoms with Crippen molar-refractivity contribution in [2.45, 2.75) is 25.6 Å². The van der Waals surface area contributed by atoms with E-state index in [1.165, 1.54) is 4.90 Å². The van der Waals surface area contributed by atoms with Crippen molar-refractivity contribution in [3.8, 4) is 0 Å². The number of rotatable bonds is 2. The molecule has 1 aromatic rings. The number of aliphatic hydroxyl groups excluding tert-OH is 2. The number of aryl methyl sites for hydroxylation is 1. The molecule has 0 aliphatic carbocycles. The highest BCUT2D eigenvalue weighted by Gasteiger charge is 2.33. The predicted molar refractivity (Wildman–Crippen MR) is 56.0 cm³/mol. The van der Waals surface area contributed by atoms with Gasteiger partial charge in [0.2, 0.25) is 0 Å². The Bertz CT molecular complexity index is 377. The van der Waals surface area contributed by atoms with Gasteiger partial charge in [0.25, 0.3) is 5.91 Å². The van der Waals surface area contributed by atoms with E-state index < -0.39 is 12.2 Å². The van der Waals surface area contributed by atoms with E-state index in [0.29, 0.717) is 0 Å². The van der Waals surface area contributed by atoms with Gasteiger partial charge in [0.05, 0.1) is 12.2 Å². The van der Waals surface area contributed by atoms with Crippen LogP contribution in [0.4, 0.5) is 0 Å². The van der Waals surface area contributed by atoms with E-state index in [4.69, 9.17) is 4.42 Å². The van der Waals surface area contributed by atoms with Crippen LogP contribution in [0.3, 0.4) is 0 Å². The highest BCUT2D eigenvalue weighted by atomic mass is 16.4. The van der Waals surface area contributed by atoms with Crippen molar-refractivity contribution in [3.63, 3.8) is 0 Å². The summed E-state index contributed by atoms with van der Waals surface area (Å²) in [4.78, 5) is 13.3. The summed E-state index contributed by atoms with van der Waals surface area (Å²) in [5, 5.41) is 18.7. The first-order chi connectivity index (χ1) is 7.61. The van der Waals surface area contributed by atoms with E-state index in [2.05, 4.69) is 0 Å². The lowest BCUT2D eigenvalue weighted by Gasteiger charge is -2.12. The molecule has 0 unspecified atom stereocenters. The zero-order chi connectivity index (χ0) is 11.7. The Hall–Kier alpha value is -1.33. The molecule has 0 bridgehead atoms. The van der Waals surface area contributed by atoms with Gasteiger partial charge in [-0.1, -0.05) is 6.92 Å². The molecule has 88 valence electrons. The lowest BCUT2D eigenvalue weighted by atomic mass is 10.3. The Balaban J connectivity index is 2.08. The fourth-order valence-electron chi connectivity index (χ4n) is 1.77. The van der Waals surface area contributed by atoms with Gasteiger partial charge in [-0.3, -0.25) is 4.79 Å². The monoisotopic (exact) mass is 225 g/mol. The van der Waals surface area contributed by atoms with E-state index >= 15 is 0 Å². The minimum atomic E-state index is -0.857. The van der Waals surface area contributed by atoms with E-state index in [1.54, 1.807) is 12.1 Å². The summed E-state index contributed by atoms with van der Waals surface area (Å²) in [6.45, 7) is 2.25. The first-order valence-electron chi connectivity index (χ1n) is 5.36. The number of carbonyl (C=O) groups is 1. The lowest BCUT2D eigenvalue weighted by Crippen LogP contribution is -2.29. The van der Waals surface area contributed by atoms with Crippen molar-refractivity contribution in [3.05, 3.63) is 23.7 Å². The van der Waals surface area contributed by atoms with Gasteiger partial charge in [0.15, 0.2) is 5.76 Å². The summed E-state index contributed by atoms with van der Waals surface area (Å²) in [5.41, 5.74) is 0. The second kappa shape index (κ2) is 4.27. The molecule has 16 heavy (non-hydrogen) atoms. The van der Waals surface area contributed by atoms with Gasteiger partial charge in [0, 0.05) is 19.5 Å². The second-order valence-corrected chi connectivity index (χ2v) is 3.96. The second-order valence-electron chi connectivity index (χ2n) is 3.96. The van der Waals surface area contributed by atoms with Crippen LogP contribution in [0.25, 0.3) is 0 Å². The van der Waals surface area contributed by atoms with Crippen LogP contribution in [0, 0.1) is 0 Å². The molecule has 5 nitrogen and oxygen atoms in total. The molecule has 1 aromatic heterocycles. The quantitative estimate of drug-likeness (QED) is 0.744. The van der Waals surface area contributed by atoms with Gasteiger partial charge in [-0.15, -0.1) is 0 Å². The van der Waals surface area contributed by atoms with Crippen LogP contribution in [0.5, 0.6) is 0 Å². The normalized spacial score (nSPS) is 25.1. The maximum Gasteiger partial charge on any atom is 0.289 e. The standard InChI is InChI=1S/C11H15NO4/c1-2-7-3-4-10(16-7)11(15)12-5-8(13)9(14)6-12/h3-4,8-9,13-14H,2,5-6H2,1H3/t8-,9+. The van der Waals surface area contributed by atoms with Gasteiger partial charge in [-0.25, -0.2) is 0 Å². The van der Waals surface area contributed by atoms with Crippen LogP contribution in [0.15, 0.2) is 16.5 Å². The summed E-state index contributed by atoms with van der Waals surface area (Å²) >= 11 is 0. The van der Waals surface area contributed by atoms with E-state index in [0.717, 1.165) is 12.2 Å². The van der Waals surface area contributed by atoms with Crippen molar-refractivity contribution in [2.75, 3.05) is 13.1 Å². The number of carbonyl (C=O) groups excluding carboxylic acids is 1. The third kappa shape index (κ3) is 1.96. The van der Waals surface area contributed by atoms with Crippen molar-refractivity contribution in [1.82, 2.24) is 4.90 Å². The molecule has 2 atom stereocenters. The van der Waals surface area contributed by atoms with Crippen LogP contribution in [-0.2, 0) is 6.42 Å². The number of β-amino-alcohol motifs (C(OH)–C–C–N with tert-alkyl or cyclic N) is 2. The molecule has 0 aromatic carbocycles. The first kappa shape index (κ1) is 11.2. The summed E-state index contributed by atoms with van der Waals surface area (Å²) in [7, 11) is 0. The number of likely N-dealkylation sites (tertiary alicyclic amines) is 1. The third-order valence-corrected chi connectivity index (χ3v) is 2.77. The minimum Gasteiger partial charge on any atom is -0.456 e. The number of furan rings is 1. The number of amides is 1. The third-order valence-electron chi connectivity index (χ3n) is 2.77. The smallest absolute Gasteiger partial charge is 0.289 e. The number of aliphatic hydroxyl groups is 2. The number of nitrogens with zero attached hydrogens (tertiary/aromatic N) is 1. The predicted octanol–water partition coefficient (Wildman–Crippen LogP) is 0.0196. The van der Waals surface area contributed by atoms with E-state index in [9.17, 15) is 15.0 Å². The van der Waals surface area contributed by atoms with Gasteiger partial charge in [-0.2, -0.15) is 0 Å². The largest absolute Gasteiger partial charge is 0.456 e. The molecule has 1 amide bonds. The molecule has 0 radical (unpaired) electrons.